The molecule has 1 aliphatic heterocycles. The fraction of sp³-hybridized carbons (Fsp3) is 0.583. The molecule has 15 heavy (non-hydrogen) atoms. The van der Waals surface area contributed by atoms with Crippen LogP contribution in [-0.4, -0.2) is 23.9 Å². The van der Waals surface area contributed by atoms with Crippen LogP contribution in [0, 0.1) is 13.8 Å². The molecule has 1 amide bonds. The molecule has 2 rings (SSSR count). The average molecular weight is 223 g/mol. The largest absolute Gasteiger partial charge is 0.339 e. The van der Waals surface area contributed by atoms with Gasteiger partial charge in [0.1, 0.15) is 0 Å². The Balaban J connectivity index is 2.16. The molecule has 0 aliphatic carbocycles. The Kier molecular flexibility index (Phi) is 3.10. The molecule has 1 aliphatic rings. The second-order valence-electron chi connectivity index (χ2n) is 4.18. The molecular formula is C12H17NOS. The first kappa shape index (κ1) is 10.7. The molecule has 0 radical (unpaired) electrons. The minimum Gasteiger partial charge on any atom is -0.339 e. The van der Waals surface area contributed by atoms with Gasteiger partial charge in [0, 0.05) is 23.3 Å². The molecule has 82 valence electrons. The summed E-state index contributed by atoms with van der Waals surface area (Å²) in [6.07, 6.45) is 3.59. The monoisotopic (exact) mass is 223 g/mol. The molecule has 0 N–H and O–H groups in total. The van der Waals surface area contributed by atoms with Crippen molar-refractivity contribution in [2.75, 3.05) is 13.1 Å². The van der Waals surface area contributed by atoms with Gasteiger partial charge in [-0.1, -0.05) is 0 Å². The lowest BCUT2D eigenvalue weighted by Crippen LogP contribution is -2.35. The SMILES string of the molecule is Cc1scc(C(=O)N2CCCCC2)c1C. The summed E-state index contributed by atoms with van der Waals surface area (Å²) in [4.78, 5) is 15.4. The maximum absolute atomic E-state index is 12.2. The van der Waals surface area contributed by atoms with Gasteiger partial charge in [-0.3, -0.25) is 4.79 Å². The van der Waals surface area contributed by atoms with E-state index < -0.39 is 0 Å². The predicted molar refractivity (Wildman–Crippen MR) is 63.5 cm³/mol. The molecule has 3 heteroatoms. The average Bonchev–Trinajstić information content (AvgIpc) is 2.60. The Morgan fingerprint density at radius 3 is 2.47 bits per heavy atom. The number of aryl methyl sites for hydroxylation is 1. The Hall–Kier alpha value is -0.830. The number of thiophene rings is 1. The number of carbonyl (C=O) groups excluding carboxylic acids is 1. The second-order valence-corrected chi connectivity index (χ2v) is 5.27. The van der Waals surface area contributed by atoms with Crippen LogP contribution >= 0.6 is 11.3 Å². The van der Waals surface area contributed by atoms with E-state index in [1.807, 2.05) is 17.2 Å². The van der Waals surface area contributed by atoms with Crippen molar-refractivity contribution in [1.29, 1.82) is 0 Å². The number of hydrogen-bond donors (Lipinski definition) is 0. The first-order valence-corrected chi connectivity index (χ1v) is 6.42. The molecule has 0 aromatic carbocycles. The Labute approximate surface area is 94.9 Å². The van der Waals surface area contributed by atoms with Crippen LogP contribution in [-0.2, 0) is 0 Å². The van der Waals surface area contributed by atoms with Crippen molar-refractivity contribution in [2.45, 2.75) is 33.1 Å². The highest BCUT2D eigenvalue weighted by Gasteiger charge is 2.20. The second kappa shape index (κ2) is 4.35. The van der Waals surface area contributed by atoms with E-state index in [0.29, 0.717) is 0 Å². The molecule has 2 nitrogen and oxygen atoms in total. The molecule has 1 fully saturated rings. The summed E-state index contributed by atoms with van der Waals surface area (Å²) in [5.41, 5.74) is 2.08. The van der Waals surface area contributed by atoms with Gasteiger partial charge in [0.25, 0.3) is 5.91 Å². The number of carbonyl (C=O) groups is 1. The zero-order valence-electron chi connectivity index (χ0n) is 9.38. The number of likely N-dealkylation sites (tertiary alicyclic amines) is 1. The highest BCUT2D eigenvalue weighted by molar-refractivity contribution is 7.10. The van der Waals surface area contributed by atoms with Crippen LogP contribution in [0.2, 0.25) is 0 Å². The van der Waals surface area contributed by atoms with Crippen LogP contribution in [0.15, 0.2) is 5.38 Å². The lowest BCUT2D eigenvalue weighted by Gasteiger charge is -2.26. The van der Waals surface area contributed by atoms with Crippen LogP contribution in [0.5, 0.6) is 0 Å². The first-order valence-electron chi connectivity index (χ1n) is 5.54. The maximum atomic E-state index is 12.2. The van der Waals surface area contributed by atoms with Gasteiger partial charge >= 0.3 is 0 Å². The summed E-state index contributed by atoms with van der Waals surface area (Å²) in [6, 6.07) is 0. The third kappa shape index (κ3) is 2.07. The van der Waals surface area contributed by atoms with Crippen molar-refractivity contribution >= 4 is 17.2 Å². The van der Waals surface area contributed by atoms with E-state index in [0.717, 1.165) is 37.1 Å². The van der Waals surface area contributed by atoms with Crippen LogP contribution in [0.1, 0.15) is 40.1 Å². The van der Waals surface area contributed by atoms with Crippen molar-refractivity contribution in [1.82, 2.24) is 4.90 Å². The van der Waals surface area contributed by atoms with Gasteiger partial charge < -0.3 is 4.90 Å². The van der Waals surface area contributed by atoms with Crippen molar-refractivity contribution in [3.63, 3.8) is 0 Å². The van der Waals surface area contributed by atoms with Crippen LogP contribution in [0.3, 0.4) is 0 Å². The van der Waals surface area contributed by atoms with Gasteiger partial charge in [-0.05, 0) is 38.7 Å². The molecule has 0 bridgehead atoms. The molecule has 0 saturated carbocycles. The van der Waals surface area contributed by atoms with Gasteiger partial charge in [0.15, 0.2) is 0 Å². The molecule has 1 aromatic rings. The predicted octanol–water partition coefficient (Wildman–Crippen LogP) is 2.99. The van der Waals surface area contributed by atoms with E-state index >= 15 is 0 Å². The van der Waals surface area contributed by atoms with Gasteiger partial charge in [0.05, 0.1) is 5.56 Å². The van der Waals surface area contributed by atoms with Gasteiger partial charge in [-0.15, -0.1) is 11.3 Å². The zero-order chi connectivity index (χ0) is 10.8. The quantitative estimate of drug-likeness (QED) is 0.716. The first-order chi connectivity index (χ1) is 7.20. The molecular weight excluding hydrogens is 206 g/mol. The van der Waals surface area contributed by atoms with Crippen molar-refractivity contribution in [3.05, 3.63) is 21.4 Å². The normalized spacial score (nSPS) is 16.8. The molecule has 1 aromatic heterocycles. The van der Waals surface area contributed by atoms with E-state index in [-0.39, 0.29) is 5.91 Å². The minimum absolute atomic E-state index is 0.233. The van der Waals surface area contributed by atoms with Crippen molar-refractivity contribution < 1.29 is 4.79 Å². The molecule has 0 spiro atoms. The third-order valence-corrected chi connectivity index (χ3v) is 4.17. The summed E-state index contributed by atoms with van der Waals surface area (Å²) in [5, 5.41) is 2.00. The van der Waals surface area contributed by atoms with Crippen molar-refractivity contribution in [3.8, 4) is 0 Å². The number of amides is 1. The maximum Gasteiger partial charge on any atom is 0.254 e. The summed E-state index contributed by atoms with van der Waals surface area (Å²) >= 11 is 1.68. The Bertz CT molecular complexity index is 364. The topological polar surface area (TPSA) is 20.3 Å². The van der Waals surface area contributed by atoms with Crippen LogP contribution in [0.25, 0.3) is 0 Å². The zero-order valence-corrected chi connectivity index (χ0v) is 10.2. The molecule has 0 unspecified atom stereocenters. The minimum atomic E-state index is 0.233. The van der Waals surface area contributed by atoms with Crippen molar-refractivity contribution in [2.24, 2.45) is 0 Å². The van der Waals surface area contributed by atoms with Crippen LogP contribution in [0.4, 0.5) is 0 Å². The van der Waals surface area contributed by atoms with E-state index in [1.165, 1.54) is 11.3 Å². The molecule has 2 heterocycles. The number of piperidine rings is 1. The highest BCUT2D eigenvalue weighted by atomic mass is 32.1. The molecule has 1 saturated heterocycles. The van der Waals surface area contributed by atoms with Gasteiger partial charge in [-0.2, -0.15) is 0 Å². The van der Waals surface area contributed by atoms with Crippen LogP contribution < -0.4 is 0 Å². The Morgan fingerprint density at radius 2 is 1.93 bits per heavy atom. The highest BCUT2D eigenvalue weighted by Crippen LogP contribution is 2.23. The van der Waals surface area contributed by atoms with Gasteiger partial charge in [-0.25, -0.2) is 0 Å². The van der Waals surface area contributed by atoms with E-state index in [4.69, 9.17) is 0 Å². The van der Waals surface area contributed by atoms with E-state index in [2.05, 4.69) is 6.92 Å². The third-order valence-electron chi connectivity index (χ3n) is 3.16. The number of hydrogen-bond acceptors (Lipinski definition) is 2. The number of nitrogens with zero attached hydrogens (tertiary/aromatic N) is 1. The smallest absolute Gasteiger partial charge is 0.254 e. The summed E-state index contributed by atoms with van der Waals surface area (Å²) < 4.78 is 0. The summed E-state index contributed by atoms with van der Waals surface area (Å²) in [7, 11) is 0. The van der Waals surface area contributed by atoms with Gasteiger partial charge in [0.2, 0.25) is 0 Å². The van der Waals surface area contributed by atoms with E-state index in [1.54, 1.807) is 11.3 Å². The summed E-state index contributed by atoms with van der Waals surface area (Å²) in [5.74, 6) is 0.233. The number of rotatable bonds is 1. The Morgan fingerprint density at radius 1 is 1.27 bits per heavy atom. The molecule has 0 atom stereocenters. The van der Waals surface area contributed by atoms with E-state index in [9.17, 15) is 4.79 Å². The summed E-state index contributed by atoms with van der Waals surface area (Å²) in [6.45, 7) is 6.00. The lowest BCUT2D eigenvalue weighted by atomic mass is 10.1. The lowest BCUT2D eigenvalue weighted by molar-refractivity contribution is 0.0724. The fourth-order valence-electron chi connectivity index (χ4n) is 1.99. The fourth-order valence-corrected chi connectivity index (χ4v) is 2.85. The standard InChI is InChI=1S/C12H17NOS/c1-9-10(2)15-8-11(9)12(14)13-6-4-3-5-7-13/h8H,3-7H2,1-2H3.